The van der Waals surface area contributed by atoms with Crippen LogP contribution in [-0.4, -0.2) is 35.2 Å². The minimum Gasteiger partial charge on any atom is -0.371 e. The van der Waals surface area contributed by atoms with E-state index in [9.17, 15) is 0 Å². The lowest BCUT2D eigenvalue weighted by Gasteiger charge is -2.25. The van der Waals surface area contributed by atoms with E-state index in [0.717, 1.165) is 12.8 Å². The smallest absolute Gasteiger partial charge is 0.371 e. The van der Waals surface area contributed by atoms with Crippen LogP contribution < -0.4 is 5.73 Å². The first-order valence-corrected chi connectivity index (χ1v) is 7.84. The molecule has 0 aromatic heterocycles. The molecule has 0 aromatic rings. The van der Waals surface area contributed by atoms with E-state index >= 15 is 0 Å². The zero-order chi connectivity index (χ0) is 12.3. The predicted octanol–water partition coefficient (Wildman–Crippen LogP) is 1.87. The number of allylic oxidation sites excluding steroid dienone is 1. The number of rotatable bonds is 10. The third-order valence-electron chi connectivity index (χ3n) is 1.93. The lowest BCUT2D eigenvalue weighted by atomic mass is 10.3. The Bertz CT molecular complexity index is 171. The van der Waals surface area contributed by atoms with E-state index in [1.165, 1.54) is 0 Å². The summed E-state index contributed by atoms with van der Waals surface area (Å²) in [5.74, 6) is 0. The van der Waals surface area contributed by atoms with Crippen LogP contribution >= 0.6 is 0 Å². The Morgan fingerprint density at radius 3 is 1.88 bits per heavy atom. The molecule has 0 rings (SSSR count). The topological polar surface area (TPSA) is 53.7 Å². The number of nitrogens with two attached hydrogens (primary N) is 1. The Morgan fingerprint density at radius 1 is 1.00 bits per heavy atom. The highest BCUT2D eigenvalue weighted by Crippen LogP contribution is 2.12. The second kappa shape index (κ2) is 9.98. The molecule has 0 aliphatic rings. The third-order valence-corrected chi connectivity index (χ3v) is 4.65. The zero-order valence-electron chi connectivity index (χ0n) is 10.7. The maximum atomic E-state index is 5.67. The van der Waals surface area contributed by atoms with Crippen molar-refractivity contribution in [2.24, 2.45) is 5.73 Å². The van der Waals surface area contributed by atoms with Crippen molar-refractivity contribution in [3.05, 3.63) is 11.8 Å². The standard InChI is InChI=1S/C11H25NO3Si/c1-4-13-16(14-5-2,15-6-3)11-9-7-8-10-12/h9,11H,4-8,10,12H2,1-3H3. The molecule has 96 valence electrons. The average Bonchev–Trinajstić information content (AvgIpc) is 2.26. The Morgan fingerprint density at radius 2 is 1.50 bits per heavy atom. The van der Waals surface area contributed by atoms with E-state index < -0.39 is 8.80 Å². The molecule has 0 spiro atoms. The van der Waals surface area contributed by atoms with Crippen molar-refractivity contribution in [1.82, 2.24) is 0 Å². The van der Waals surface area contributed by atoms with Gasteiger partial charge in [0.1, 0.15) is 0 Å². The second-order valence-corrected chi connectivity index (χ2v) is 5.64. The molecule has 0 aromatic carbocycles. The fourth-order valence-electron chi connectivity index (χ4n) is 1.34. The summed E-state index contributed by atoms with van der Waals surface area (Å²) in [7, 11) is -2.57. The summed E-state index contributed by atoms with van der Waals surface area (Å²) in [6.07, 6.45) is 3.98. The van der Waals surface area contributed by atoms with Gasteiger partial charge in [-0.2, -0.15) is 0 Å². The van der Waals surface area contributed by atoms with E-state index in [1.807, 2.05) is 26.5 Å². The van der Waals surface area contributed by atoms with Crippen LogP contribution in [0.1, 0.15) is 33.6 Å². The maximum Gasteiger partial charge on any atom is 0.529 e. The maximum absolute atomic E-state index is 5.67. The minimum absolute atomic E-state index is 0.605. The Hall–Kier alpha value is -0.203. The molecule has 0 fully saturated rings. The monoisotopic (exact) mass is 247 g/mol. The van der Waals surface area contributed by atoms with Crippen molar-refractivity contribution in [2.45, 2.75) is 33.6 Å². The van der Waals surface area contributed by atoms with Gasteiger partial charge in [-0.05, 0) is 45.9 Å². The summed E-state index contributed by atoms with van der Waals surface area (Å²) >= 11 is 0. The molecule has 0 aliphatic carbocycles. The van der Waals surface area contributed by atoms with Gasteiger partial charge in [-0.25, -0.2) is 0 Å². The third kappa shape index (κ3) is 6.39. The molecular weight excluding hydrogens is 222 g/mol. The molecule has 0 aliphatic heterocycles. The van der Waals surface area contributed by atoms with Gasteiger partial charge >= 0.3 is 8.80 Å². The van der Waals surface area contributed by atoms with Crippen LogP contribution in [0.3, 0.4) is 0 Å². The van der Waals surface area contributed by atoms with E-state index in [2.05, 4.69) is 6.08 Å². The highest BCUT2D eigenvalue weighted by Gasteiger charge is 2.37. The normalized spacial score (nSPS) is 12.5. The quantitative estimate of drug-likeness (QED) is 0.473. The van der Waals surface area contributed by atoms with Gasteiger partial charge in [0.2, 0.25) is 0 Å². The lowest BCUT2D eigenvalue weighted by molar-refractivity contribution is 0.0842. The molecule has 2 N–H and O–H groups in total. The van der Waals surface area contributed by atoms with E-state index in [0.29, 0.717) is 26.4 Å². The first-order valence-electron chi connectivity index (χ1n) is 6.04. The molecule has 0 amide bonds. The van der Waals surface area contributed by atoms with Gasteiger partial charge in [0.15, 0.2) is 0 Å². The van der Waals surface area contributed by atoms with Crippen LogP contribution in [0.15, 0.2) is 11.8 Å². The molecule has 0 heterocycles. The molecular formula is C11H25NO3Si. The molecule has 5 heteroatoms. The molecule has 0 atom stereocenters. The van der Waals surface area contributed by atoms with Crippen LogP contribution in [0.5, 0.6) is 0 Å². The summed E-state index contributed by atoms with van der Waals surface area (Å²) in [5, 5.41) is 0. The van der Waals surface area contributed by atoms with E-state index in [1.54, 1.807) is 0 Å². The Labute approximate surface area is 100 Å². The highest BCUT2D eigenvalue weighted by molar-refractivity contribution is 6.66. The van der Waals surface area contributed by atoms with Crippen LogP contribution in [0.4, 0.5) is 0 Å². The molecule has 0 saturated carbocycles. The van der Waals surface area contributed by atoms with Crippen molar-refractivity contribution < 1.29 is 13.3 Å². The van der Waals surface area contributed by atoms with Crippen LogP contribution in [0.2, 0.25) is 0 Å². The van der Waals surface area contributed by atoms with Gasteiger partial charge in [0.25, 0.3) is 0 Å². The van der Waals surface area contributed by atoms with Crippen molar-refractivity contribution in [1.29, 1.82) is 0 Å². The summed E-state index contributed by atoms with van der Waals surface area (Å²) in [6.45, 7) is 8.37. The van der Waals surface area contributed by atoms with Gasteiger partial charge in [-0.1, -0.05) is 6.08 Å². The highest BCUT2D eigenvalue weighted by atomic mass is 28.4. The summed E-state index contributed by atoms with van der Waals surface area (Å²) < 4.78 is 17.0. The molecule has 0 bridgehead atoms. The first-order chi connectivity index (χ1) is 7.74. The number of hydrogen-bond acceptors (Lipinski definition) is 4. The predicted molar refractivity (Wildman–Crippen MR) is 68.1 cm³/mol. The summed E-state index contributed by atoms with van der Waals surface area (Å²) in [5.41, 5.74) is 7.41. The van der Waals surface area contributed by atoms with Gasteiger partial charge in [0, 0.05) is 19.8 Å². The van der Waals surface area contributed by atoms with E-state index in [-0.39, 0.29) is 0 Å². The molecule has 16 heavy (non-hydrogen) atoms. The molecule has 0 saturated heterocycles. The number of unbranched alkanes of at least 4 members (excludes halogenated alkanes) is 1. The van der Waals surface area contributed by atoms with Crippen LogP contribution in [-0.2, 0) is 13.3 Å². The van der Waals surface area contributed by atoms with Gasteiger partial charge in [-0.3, -0.25) is 0 Å². The average molecular weight is 247 g/mol. The van der Waals surface area contributed by atoms with Gasteiger partial charge < -0.3 is 19.0 Å². The molecule has 0 unspecified atom stereocenters. The lowest BCUT2D eigenvalue weighted by Crippen LogP contribution is -2.44. The van der Waals surface area contributed by atoms with Crippen LogP contribution in [0, 0.1) is 0 Å². The van der Waals surface area contributed by atoms with Gasteiger partial charge in [-0.15, -0.1) is 0 Å². The Kier molecular flexibility index (Phi) is 9.86. The van der Waals surface area contributed by atoms with Crippen molar-refractivity contribution in [3.63, 3.8) is 0 Å². The molecule has 4 nitrogen and oxygen atoms in total. The van der Waals surface area contributed by atoms with Crippen molar-refractivity contribution in [3.8, 4) is 0 Å². The SMILES string of the molecule is CCO[Si](C=CCCCN)(OCC)OCC. The fraction of sp³-hybridized carbons (Fsp3) is 0.818. The minimum atomic E-state index is -2.57. The second-order valence-electron chi connectivity index (χ2n) is 3.24. The van der Waals surface area contributed by atoms with Crippen molar-refractivity contribution in [2.75, 3.05) is 26.4 Å². The first kappa shape index (κ1) is 15.8. The van der Waals surface area contributed by atoms with Gasteiger partial charge in [0.05, 0.1) is 0 Å². The van der Waals surface area contributed by atoms with Crippen molar-refractivity contribution >= 4 is 8.80 Å². The fourth-order valence-corrected chi connectivity index (χ4v) is 3.54. The zero-order valence-corrected chi connectivity index (χ0v) is 11.7. The molecule has 0 radical (unpaired) electrons. The largest absolute Gasteiger partial charge is 0.529 e. The van der Waals surface area contributed by atoms with E-state index in [4.69, 9.17) is 19.0 Å². The van der Waals surface area contributed by atoms with Crippen LogP contribution in [0.25, 0.3) is 0 Å². The summed E-state index contributed by atoms with van der Waals surface area (Å²) in [6, 6.07) is 0. The number of hydrogen-bond donors (Lipinski definition) is 1. The summed E-state index contributed by atoms with van der Waals surface area (Å²) in [4.78, 5) is 0. The Balaban J connectivity index is 4.39.